The summed E-state index contributed by atoms with van der Waals surface area (Å²) in [5, 5.41) is 0. The highest BCUT2D eigenvalue weighted by Crippen LogP contribution is 2.55. The van der Waals surface area contributed by atoms with Gasteiger partial charge in [0.2, 0.25) is 0 Å². The van der Waals surface area contributed by atoms with E-state index in [1.165, 1.54) is 22.3 Å². The summed E-state index contributed by atoms with van der Waals surface area (Å²) in [5.41, 5.74) is 6.05. The summed E-state index contributed by atoms with van der Waals surface area (Å²) in [4.78, 5) is 13.4. The van der Waals surface area contributed by atoms with Crippen molar-refractivity contribution in [2.45, 2.75) is 39.0 Å². The molecule has 2 aliphatic carbocycles. The molecule has 23 heavy (non-hydrogen) atoms. The van der Waals surface area contributed by atoms with E-state index in [0.29, 0.717) is 5.78 Å². The van der Waals surface area contributed by atoms with Gasteiger partial charge in [-0.3, -0.25) is 4.79 Å². The van der Waals surface area contributed by atoms with Crippen LogP contribution < -0.4 is 0 Å². The van der Waals surface area contributed by atoms with Gasteiger partial charge >= 0.3 is 0 Å². The van der Waals surface area contributed by atoms with Crippen molar-refractivity contribution in [2.75, 3.05) is 0 Å². The van der Waals surface area contributed by atoms with Crippen LogP contribution in [0.1, 0.15) is 54.1 Å². The first-order valence-corrected chi connectivity index (χ1v) is 8.45. The van der Waals surface area contributed by atoms with Gasteiger partial charge in [0.1, 0.15) is 0 Å². The number of hydrogen-bond acceptors (Lipinski definition) is 1. The molecule has 0 bridgehead atoms. The van der Waals surface area contributed by atoms with E-state index in [1.807, 2.05) is 12.1 Å². The average Bonchev–Trinajstić information content (AvgIpc) is 2.85. The number of Topliss-reactive ketones (excluding diaryl/α,β-unsaturated/α-hetero) is 1. The van der Waals surface area contributed by atoms with Gasteiger partial charge in [-0.25, -0.2) is 0 Å². The molecule has 0 amide bonds. The van der Waals surface area contributed by atoms with Gasteiger partial charge in [-0.2, -0.15) is 0 Å². The van der Waals surface area contributed by atoms with Gasteiger partial charge in [0.15, 0.2) is 5.78 Å². The molecule has 4 rings (SSSR count). The molecule has 0 radical (unpaired) electrons. The zero-order valence-corrected chi connectivity index (χ0v) is 13.8. The molecule has 0 aliphatic heterocycles. The first kappa shape index (κ1) is 14.4. The molecule has 1 heteroatoms. The molecular formula is C22H22O. The summed E-state index contributed by atoms with van der Waals surface area (Å²) in [6.07, 6.45) is 2.77. The van der Waals surface area contributed by atoms with Crippen LogP contribution >= 0.6 is 0 Å². The van der Waals surface area contributed by atoms with Crippen LogP contribution in [-0.2, 0) is 6.42 Å². The van der Waals surface area contributed by atoms with Crippen LogP contribution in [0.25, 0.3) is 0 Å². The molecule has 2 aliphatic rings. The van der Waals surface area contributed by atoms with Crippen LogP contribution in [0, 0.1) is 5.41 Å². The molecule has 0 unspecified atom stereocenters. The predicted molar refractivity (Wildman–Crippen MR) is 93.7 cm³/mol. The van der Waals surface area contributed by atoms with Gasteiger partial charge < -0.3 is 0 Å². The third kappa shape index (κ3) is 2.10. The monoisotopic (exact) mass is 302 g/mol. The molecule has 116 valence electrons. The van der Waals surface area contributed by atoms with Crippen molar-refractivity contribution >= 4 is 5.78 Å². The predicted octanol–water partition coefficient (Wildman–Crippen LogP) is 5.33. The maximum Gasteiger partial charge on any atom is 0.170 e. The molecule has 1 spiro atoms. The zero-order chi connectivity index (χ0) is 16.0. The van der Waals surface area contributed by atoms with Crippen molar-refractivity contribution in [2.24, 2.45) is 5.41 Å². The van der Waals surface area contributed by atoms with Crippen LogP contribution in [0.5, 0.6) is 0 Å². The number of benzene rings is 2. The van der Waals surface area contributed by atoms with Crippen LogP contribution in [0.3, 0.4) is 0 Å². The summed E-state index contributed by atoms with van der Waals surface area (Å²) >= 11 is 0. The summed E-state index contributed by atoms with van der Waals surface area (Å²) in [5.74, 6) is 0.640. The zero-order valence-electron chi connectivity index (χ0n) is 13.8. The number of ketones is 1. The minimum atomic E-state index is -0.283. The second-order valence-electron chi connectivity index (χ2n) is 7.22. The van der Waals surface area contributed by atoms with E-state index in [0.717, 1.165) is 24.8 Å². The number of carbonyl (C=O) groups is 1. The van der Waals surface area contributed by atoms with Gasteiger partial charge in [-0.05, 0) is 44.2 Å². The Morgan fingerprint density at radius 2 is 1.57 bits per heavy atom. The molecule has 2 aromatic rings. The first-order valence-electron chi connectivity index (χ1n) is 8.45. The van der Waals surface area contributed by atoms with E-state index in [4.69, 9.17) is 0 Å². The number of rotatable bonds is 1. The molecule has 1 nitrogen and oxygen atoms in total. The van der Waals surface area contributed by atoms with E-state index >= 15 is 0 Å². The Hall–Kier alpha value is -2.15. The molecule has 2 aromatic carbocycles. The third-order valence-corrected chi connectivity index (χ3v) is 5.91. The second kappa shape index (κ2) is 5.19. The smallest absolute Gasteiger partial charge is 0.170 e. The summed E-state index contributed by atoms with van der Waals surface area (Å²) in [6.45, 7) is 4.43. The fourth-order valence-corrected chi connectivity index (χ4v) is 4.55. The van der Waals surface area contributed by atoms with Crippen LogP contribution in [0.15, 0.2) is 65.7 Å². The van der Waals surface area contributed by atoms with E-state index in [9.17, 15) is 4.79 Å². The third-order valence-electron chi connectivity index (χ3n) is 5.91. The highest BCUT2D eigenvalue weighted by atomic mass is 16.1. The lowest BCUT2D eigenvalue weighted by Gasteiger charge is -2.41. The Kier molecular flexibility index (Phi) is 3.26. The van der Waals surface area contributed by atoms with Crippen LogP contribution in [0.2, 0.25) is 0 Å². The number of carbonyl (C=O) groups excluding carboxylic acids is 1. The average molecular weight is 302 g/mol. The minimum Gasteiger partial charge on any atom is -0.293 e. The molecule has 0 aromatic heterocycles. The largest absolute Gasteiger partial charge is 0.293 e. The van der Waals surface area contributed by atoms with Crippen molar-refractivity contribution in [1.29, 1.82) is 0 Å². The van der Waals surface area contributed by atoms with Crippen molar-refractivity contribution < 1.29 is 4.79 Å². The maximum atomic E-state index is 13.4. The standard InChI is InChI=1S/C22H22O/c1-15-12-20(17-8-4-3-5-9-17)22(13-16(15)2)14-18-10-6-7-11-19(18)21(22)23/h3-11,20H,12-14H2,1-2H3/t20-,22-/m1/s1. The summed E-state index contributed by atoms with van der Waals surface area (Å²) in [7, 11) is 0. The van der Waals surface area contributed by atoms with Gasteiger partial charge in [-0.15, -0.1) is 0 Å². The Bertz CT molecular complexity index is 800. The SMILES string of the molecule is CC1=C(C)C[C@@]2(Cc3ccccc3C2=O)[C@@H](c2ccccc2)C1. The molecule has 2 atom stereocenters. The molecule has 0 N–H and O–H groups in total. The Balaban J connectivity index is 1.87. The lowest BCUT2D eigenvalue weighted by molar-refractivity contribution is 0.0755. The number of allylic oxidation sites excluding steroid dienone is 2. The highest BCUT2D eigenvalue weighted by Gasteiger charge is 2.52. The quantitative estimate of drug-likeness (QED) is 0.651. The van der Waals surface area contributed by atoms with E-state index in [-0.39, 0.29) is 11.3 Å². The van der Waals surface area contributed by atoms with Crippen LogP contribution in [-0.4, -0.2) is 5.78 Å². The van der Waals surface area contributed by atoms with E-state index < -0.39 is 0 Å². The molecule has 0 heterocycles. The number of hydrogen-bond donors (Lipinski definition) is 0. The summed E-state index contributed by atoms with van der Waals surface area (Å²) < 4.78 is 0. The van der Waals surface area contributed by atoms with Crippen molar-refractivity contribution in [3.05, 3.63) is 82.4 Å². The number of fused-ring (bicyclic) bond motifs is 1. The van der Waals surface area contributed by atoms with Crippen molar-refractivity contribution in [1.82, 2.24) is 0 Å². The minimum absolute atomic E-state index is 0.283. The molecule has 0 fully saturated rings. The van der Waals surface area contributed by atoms with Crippen molar-refractivity contribution in [3.63, 3.8) is 0 Å². The molecule has 0 saturated heterocycles. The lowest BCUT2D eigenvalue weighted by Crippen LogP contribution is -2.38. The Morgan fingerprint density at radius 1 is 0.870 bits per heavy atom. The Labute approximate surface area is 138 Å². The van der Waals surface area contributed by atoms with Gasteiger partial charge in [-0.1, -0.05) is 65.7 Å². The van der Waals surface area contributed by atoms with Crippen LogP contribution in [0.4, 0.5) is 0 Å². The topological polar surface area (TPSA) is 17.1 Å². The normalized spacial score (nSPS) is 26.7. The van der Waals surface area contributed by atoms with Gasteiger partial charge in [0.05, 0.1) is 0 Å². The van der Waals surface area contributed by atoms with Gasteiger partial charge in [0.25, 0.3) is 0 Å². The van der Waals surface area contributed by atoms with E-state index in [2.05, 4.69) is 56.3 Å². The fraction of sp³-hybridized carbons (Fsp3) is 0.318. The maximum absolute atomic E-state index is 13.4. The van der Waals surface area contributed by atoms with Crippen molar-refractivity contribution in [3.8, 4) is 0 Å². The second-order valence-corrected chi connectivity index (χ2v) is 7.22. The lowest BCUT2D eigenvalue weighted by atomic mass is 9.60. The van der Waals surface area contributed by atoms with Gasteiger partial charge in [0, 0.05) is 16.9 Å². The fourth-order valence-electron chi connectivity index (χ4n) is 4.55. The van der Waals surface area contributed by atoms with E-state index in [1.54, 1.807) is 0 Å². The highest BCUT2D eigenvalue weighted by molar-refractivity contribution is 6.06. The first-order chi connectivity index (χ1) is 11.1. The Morgan fingerprint density at radius 3 is 2.30 bits per heavy atom. The molecular weight excluding hydrogens is 280 g/mol. The molecule has 0 saturated carbocycles. The summed E-state index contributed by atoms with van der Waals surface area (Å²) in [6, 6.07) is 18.8.